The number of amides is 1. The van der Waals surface area contributed by atoms with Crippen LogP contribution in [0.3, 0.4) is 0 Å². The van der Waals surface area contributed by atoms with E-state index in [1.807, 2.05) is 0 Å². The summed E-state index contributed by atoms with van der Waals surface area (Å²) in [5.41, 5.74) is 4.35. The number of hydrogen-bond acceptors (Lipinski definition) is 9. The van der Waals surface area contributed by atoms with Crippen molar-refractivity contribution >= 4 is 34.7 Å². The first kappa shape index (κ1) is 25.3. The van der Waals surface area contributed by atoms with Gasteiger partial charge in [-0.25, -0.2) is 0 Å². The molecule has 0 aliphatic heterocycles. The zero-order valence-electron chi connectivity index (χ0n) is 20.7. The monoisotopic (exact) mass is 515 g/mol. The molecule has 10 heteroatoms. The first-order valence-corrected chi connectivity index (χ1v) is 12.1. The van der Waals surface area contributed by atoms with Gasteiger partial charge in [-0.1, -0.05) is 11.8 Å². The molecule has 4 N–H and O–H groups in total. The van der Waals surface area contributed by atoms with Crippen LogP contribution in [0.1, 0.15) is 39.9 Å². The van der Waals surface area contributed by atoms with Crippen LogP contribution < -0.4 is 10.6 Å². The quantitative estimate of drug-likeness (QED) is 0.373. The number of hydrogen-bond donors (Lipinski definition) is 3. The normalized spacial score (nSPS) is 28.0. The molecule has 194 valence electrons. The second-order valence-corrected chi connectivity index (χ2v) is 10.3. The average Bonchev–Trinajstić information content (AvgIpc) is 2.86. The number of anilines is 1. The first-order valence-electron chi connectivity index (χ1n) is 12.1. The lowest BCUT2D eigenvalue weighted by atomic mass is 9.53. The Kier molecular flexibility index (Phi) is 5.92. The van der Waals surface area contributed by atoms with Gasteiger partial charge in [0.25, 0.3) is 0 Å². The van der Waals surface area contributed by atoms with Crippen molar-refractivity contribution in [1.29, 1.82) is 0 Å². The van der Waals surface area contributed by atoms with E-state index in [0.717, 1.165) is 0 Å². The number of Topliss-reactive ketones (excluding diaryl/α,β-unsaturated/α-hetero) is 4. The zero-order chi connectivity index (χ0) is 27.5. The second-order valence-electron chi connectivity index (χ2n) is 10.3. The molecule has 0 spiro atoms. The molecule has 5 atom stereocenters. The summed E-state index contributed by atoms with van der Waals surface area (Å²) in [5, 5.41) is 22.5. The molecule has 1 aromatic heterocycles. The minimum absolute atomic E-state index is 0.0389. The molecule has 2 fully saturated rings. The van der Waals surface area contributed by atoms with Crippen LogP contribution in [-0.4, -0.2) is 63.9 Å². The van der Waals surface area contributed by atoms with Gasteiger partial charge in [-0.05, 0) is 42.5 Å². The van der Waals surface area contributed by atoms with Gasteiger partial charge in [0.1, 0.15) is 5.75 Å². The molecule has 10 nitrogen and oxygen atoms in total. The number of pyridine rings is 1. The van der Waals surface area contributed by atoms with Crippen LogP contribution >= 0.6 is 0 Å². The predicted octanol–water partition coefficient (Wildman–Crippen LogP) is 0.188. The number of fused-ring (bicyclic) bond motifs is 3. The number of primary amides is 1. The van der Waals surface area contributed by atoms with Gasteiger partial charge >= 0.3 is 0 Å². The van der Waals surface area contributed by atoms with E-state index in [-0.39, 0.29) is 30.4 Å². The van der Waals surface area contributed by atoms with Crippen LogP contribution in [0.4, 0.5) is 5.69 Å². The number of carbonyl (C=O) groups is 5. The third-order valence-corrected chi connectivity index (χ3v) is 7.86. The number of rotatable bonds is 2. The molecule has 0 saturated heterocycles. The largest absolute Gasteiger partial charge is 0.506 e. The van der Waals surface area contributed by atoms with Crippen molar-refractivity contribution in [2.24, 2.45) is 29.4 Å². The molecule has 1 amide bonds. The number of benzene rings is 1. The minimum atomic E-state index is -2.68. The van der Waals surface area contributed by atoms with Crippen molar-refractivity contribution in [3.05, 3.63) is 52.8 Å². The maximum atomic E-state index is 13.8. The van der Waals surface area contributed by atoms with Gasteiger partial charge in [0.2, 0.25) is 5.91 Å². The molecular formula is C28H25N3O7. The molecule has 38 heavy (non-hydrogen) atoms. The Balaban J connectivity index is 1.62. The number of nitrogens with zero attached hydrogens (tertiary/aromatic N) is 2. The smallest absolute Gasteiger partial charge is 0.235 e. The van der Waals surface area contributed by atoms with Gasteiger partial charge in [-0.15, -0.1) is 0 Å². The molecule has 1 aromatic carbocycles. The molecule has 1 heterocycles. The number of phenols is 1. The summed E-state index contributed by atoms with van der Waals surface area (Å²) in [6.45, 7) is 0. The third-order valence-electron chi connectivity index (χ3n) is 7.86. The van der Waals surface area contributed by atoms with Gasteiger partial charge in [-0.3, -0.25) is 29.0 Å². The van der Waals surface area contributed by atoms with Gasteiger partial charge in [0.05, 0.1) is 17.0 Å². The number of carbonyl (C=O) groups excluding carboxylic acids is 5. The summed E-state index contributed by atoms with van der Waals surface area (Å²) >= 11 is 0. The number of aromatic hydroxyl groups is 1. The van der Waals surface area contributed by atoms with Crippen LogP contribution in [0.25, 0.3) is 0 Å². The SMILES string of the molecule is CN(C)c1cc(C#Cc2cccnc2)c(O)c2c1C[C@H]1C[C@H]3CC(=O)C(C(N)=O)C(=O)[C@@]3(O)C(=O)C1C2=O. The molecular weight excluding hydrogens is 490 g/mol. The number of phenolic OH excluding ortho intramolecular Hbond substituents is 1. The Labute approximate surface area is 217 Å². The van der Waals surface area contributed by atoms with Gasteiger partial charge in [-0.2, -0.15) is 0 Å². The van der Waals surface area contributed by atoms with E-state index >= 15 is 0 Å². The summed E-state index contributed by atoms with van der Waals surface area (Å²) in [6.07, 6.45) is 3.01. The average molecular weight is 516 g/mol. The van der Waals surface area contributed by atoms with Crippen molar-refractivity contribution < 1.29 is 34.2 Å². The van der Waals surface area contributed by atoms with E-state index in [0.29, 0.717) is 16.8 Å². The fourth-order valence-electron chi connectivity index (χ4n) is 6.09. The Morgan fingerprint density at radius 1 is 1.16 bits per heavy atom. The lowest BCUT2D eigenvalue weighted by Crippen LogP contribution is -2.68. The van der Waals surface area contributed by atoms with Crippen molar-refractivity contribution in [3.63, 3.8) is 0 Å². The Hall–Kier alpha value is -4.36. The highest BCUT2D eigenvalue weighted by Gasteiger charge is 2.66. The van der Waals surface area contributed by atoms with E-state index in [1.165, 1.54) is 0 Å². The molecule has 2 saturated carbocycles. The number of aliphatic hydroxyl groups is 1. The fraction of sp³-hybridized carbons (Fsp3) is 0.357. The fourth-order valence-corrected chi connectivity index (χ4v) is 6.09. The van der Waals surface area contributed by atoms with Crippen molar-refractivity contribution in [1.82, 2.24) is 4.98 Å². The first-order chi connectivity index (χ1) is 18.0. The van der Waals surface area contributed by atoms with Gasteiger partial charge in [0, 0.05) is 50.1 Å². The van der Waals surface area contributed by atoms with Crippen LogP contribution in [0.5, 0.6) is 5.75 Å². The van der Waals surface area contributed by atoms with Gasteiger partial charge < -0.3 is 20.8 Å². The number of nitrogens with two attached hydrogens (primary N) is 1. The highest BCUT2D eigenvalue weighted by Crippen LogP contribution is 2.51. The minimum Gasteiger partial charge on any atom is -0.506 e. The summed E-state index contributed by atoms with van der Waals surface area (Å²) in [5.74, 6) is -4.74. The highest BCUT2D eigenvalue weighted by atomic mass is 16.3. The van der Waals surface area contributed by atoms with Crippen LogP contribution in [0, 0.1) is 35.5 Å². The molecule has 0 radical (unpaired) electrons. The number of ketones is 4. The van der Waals surface area contributed by atoms with E-state index in [9.17, 15) is 34.2 Å². The Morgan fingerprint density at radius 2 is 1.89 bits per heavy atom. The van der Waals surface area contributed by atoms with Crippen molar-refractivity contribution in [2.45, 2.75) is 24.9 Å². The second kappa shape index (κ2) is 8.89. The molecule has 0 bridgehead atoms. The predicted molar refractivity (Wildman–Crippen MR) is 133 cm³/mol. The molecule has 3 aliphatic rings. The van der Waals surface area contributed by atoms with E-state index in [4.69, 9.17) is 5.73 Å². The van der Waals surface area contributed by atoms with Crippen LogP contribution in [0.15, 0.2) is 30.6 Å². The number of aromatic nitrogens is 1. The van der Waals surface area contributed by atoms with Gasteiger partial charge in [0.15, 0.2) is 34.7 Å². The van der Waals surface area contributed by atoms with Crippen molar-refractivity contribution in [3.8, 4) is 17.6 Å². The van der Waals surface area contributed by atoms with Crippen molar-refractivity contribution in [2.75, 3.05) is 19.0 Å². The van der Waals surface area contributed by atoms with E-state index in [2.05, 4.69) is 16.8 Å². The molecule has 5 rings (SSSR count). The zero-order valence-corrected chi connectivity index (χ0v) is 20.7. The van der Waals surface area contributed by atoms with E-state index < -0.39 is 64.1 Å². The summed E-state index contributed by atoms with van der Waals surface area (Å²) < 4.78 is 0. The summed E-state index contributed by atoms with van der Waals surface area (Å²) in [6, 6.07) is 5.11. The lowest BCUT2D eigenvalue weighted by molar-refractivity contribution is -0.175. The van der Waals surface area contributed by atoms with Crippen LogP contribution in [0.2, 0.25) is 0 Å². The topological polar surface area (TPSA) is 168 Å². The summed E-state index contributed by atoms with van der Waals surface area (Å²) in [7, 11) is 3.55. The Morgan fingerprint density at radius 3 is 2.53 bits per heavy atom. The van der Waals surface area contributed by atoms with Crippen LogP contribution in [-0.2, 0) is 25.6 Å². The molecule has 3 aliphatic carbocycles. The maximum Gasteiger partial charge on any atom is 0.235 e. The highest BCUT2D eigenvalue weighted by molar-refractivity contribution is 6.31. The lowest BCUT2D eigenvalue weighted by Gasteiger charge is -2.48. The summed E-state index contributed by atoms with van der Waals surface area (Å²) in [4.78, 5) is 70.6. The molecule has 2 unspecified atom stereocenters. The third kappa shape index (κ3) is 3.62. The Bertz CT molecular complexity index is 1490. The van der Waals surface area contributed by atoms with E-state index in [1.54, 1.807) is 49.6 Å². The standard InChI is InChI=1S/C28H25N3O7/c1-31(2)18-10-14(6-5-13-4-3-7-30-12-13)23(33)21-17(18)9-15-8-16-11-19(32)22(27(29)37)26(36)28(16,38)25(35)20(15)24(21)34/h3-4,7,10,12,15-16,20,22,33,38H,8-9,11H2,1-2H3,(H2,29,37)/t15-,16+,20?,22?,28+/m1/s1. The molecule has 2 aromatic rings. The maximum absolute atomic E-state index is 13.8.